The molecule has 0 atom stereocenters. The summed E-state index contributed by atoms with van der Waals surface area (Å²) >= 11 is 0. The third-order valence-corrected chi connectivity index (χ3v) is 3.58. The fraction of sp³-hybridized carbons (Fsp3) is 0.846. The second-order valence-electron chi connectivity index (χ2n) is 4.83. The van der Waals surface area contributed by atoms with Gasteiger partial charge in [-0.05, 0) is 31.6 Å². The average molecular weight is 241 g/mol. The normalized spacial score (nSPS) is 17.1. The highest BCUT2D eigenvalue weighted by Crippen LogP contribution is 2.20. The van der Waals surface area contributed by atoms with E-state index in [0.717, 1.165) is 31.8 Å². The highest BCUT2D eigenvalue weighted by atomic mass is 16.4. The second-order valence-corrected chi connectivity index (χ2v) is 4.83. The van der Waals surface area contributed by atoms with Gasteiger partial charge in [0.05, 0.1) is 0 Å². The summed E-state index contributed by atoms with van der Waals surface area (Å²) in [6, 6.07) is 0. The van der Waals surface area contributed by atoms with Gasteiger partial charge in [0.1, 0.15) is 0 Å². The lowest BCUT2D eigenvalue weighted by Crippen LogP contribution is -2.38. The maximum absolute atomic E-state index is 11.8. The molecule has 4 heteroatoms. The summed E-state index contributed by atoms with van der Waals surface area (Å²) in [5.74, 6) is 0.206. The molecule has 98 valence electrons. The van der Waals surface area contributed by atoms with Gasteiger partial charge in [0.2, 0.25) is 5.91 Å². The fourth-order valence-electron chi connectivity index (χ4n) is 2.30. The van der Waals surface area contributed by atoms with Crippen LogP contribution in [0.25, 0.3) is 0 Å². The molecule has 0 spiro atoms. The Morgan fingerprint density at radius 3 is 2.29 bits per heavy atom. The molecular weight excluding hydrogens is 218 g/mol. The Bertz CT molecular complexity index is 257. The summed E-state index contributed by atoms with van der Waals surface area (Å²) in [4.78, 5) is 24.1. The first-order valence-corrected chi connectivity index (χ1v) is 6.63. The minimum atomic E-state index is -0.777. The number of rotatable bonds is 6. The van der Waals surface area contributed by atoms with Crippen molar-refractivity contribution >= 4 is 11.9 Å². The van der Waals surface area contributed by atoms with Gasteiger partial charge in [0.25, 0.3) is 0 Å². The van der Waals surface area contributed by atoms with E-state index >= 15 is 0 Å². The van der Waals surface area contributed by atoms with Crippen LogP contribution in [0.2, 0.25) is 0 Å². The zero-order chi connectivity index (χ0) is 12.7. The first kappa shape index (κ1) is 14.0. The Morgan fingerprint density at radius 2 is 1.76 bits per heavy atom. The highest BCUT2D eigenvalue weighted by molar-refractivity contribution is 5.76. The van der Waals surface area contributed by atoms with Crippen molar-refractivity contribution in [1.29, 1.82) is 0 Å². The lowest BCUT2D eigenvalue weighted by atomic mass is 9.94. The fourth-order valence-corrected chi connectivity index (χ4v) is 2.30. The van der Waals surface area contributed by atoms with Crippen LogP contribution in [0.5, 0.6) is 0 Å². The quantitative estimate of drug-likeness (QED) is 0.726. The Labute approximate surface area is 103 Å². The van der Waals surface area contributed by atoms with E-state index in [-0.39, 0.29) is 12.3 Å². The number of unbranched alkanes of at least 4 members (excludes halogenated alkanes) is 1. The number of likely N-dealkylation sites (tertiary alicyclic amines) is 1. The van der Waals surface area contributed by atoms with E-state index in [1.807, 2.05) is 4.90 Å². The van der Waals surface area contributed by atoms with E-state index in [9.17, 15) is 9.59 Å². The van der Waals surface area contributed by atoms with Gasteiger partial charge in [-0.1, -0.05) is 13.3 Å². The molecule has 1 rings (SSSR count). The predicted molar refractivity (Wildman–Crippen MR) is 65.7 cm³/mol. The number of nitrogens with zero attached hydrogens (tertiary/aromatic N) is 1. The van der Waals surface area contributed by atoms with Crippen LogP contribution in [0.4, 0.5) is 0 Å². The van der Waals surface area contributed by atoms with Gasteiger partial charge < -0.3 is 10.0 Å². The number of amides is 1. The van der Waals surface area contributed by atoms with Gasteiger partial charge in [-0.15, -0.1) is 0 Å². The molecule has 0 aromatic heterocycles. The molecule has 1 aliphatic heterocycles. The minimum absolute atomic E-state index is 0.172. The van der Waals surface area contributed by atoms with Gasteiger partial charge in [-0.25, -0.2) is 0 Å². The molecule has 1 amide bonds. The van der Waals surface area contributed by atoms with Crippen molar-refractivity contribution in [1.82, 2.24) is 4.90 Å². The molecule has 0 saturated carbocycles. The molecule has 1 fully saturated rings. The SMILES string of the molecule is CCC1CCN(C(=O)CCCCC(=O)O)CC1. The molecule has 0 aromatic rings. The maximum Gasteiger partial charge on any atom is 0.303 e. The molecule has 1 heterocycles. The Balaban J connectivity index is 2.14. The Morgan fingerprint density at radius 1 is 1.18 bits per heavy atom. The van der Waals surface area contributed by atoms with Crippen LogP contribution < -0.4 is 0 Å². The second kappa shape index (κ2) is 7.30. The molecule has 1 N–H and O–H groups in total. The number of carbonyl (C=O) groups is 2. The van der Waals surface area contributed by atoms with Crippen molar-refractivity contribution < 1.29 is 14.7 Å². The average Bonchev–Trinajstić information content (AvgIpc) is 2.34. The van der Waals surface area contributed by atoms with Crippen LogP contribution in [-0.4, -0.2) is 35.0 Å². The Hall–Kier alpha value is -1.06. The van der Waals surface area contributed by atoms with Crippen molar-refractivity contribution in [3.8, 4) is 0 Å². The van der Waals surface area contributed by atoms with Crippen molar-refractivity contribution in [2.45, 2.75) is 51.9 Å². The summed E-state index contributed by atoms with van der Waals surface area (Å²) < 4.78 is 0. The molecule has 17 heavy (non-hydrogen) atoms. The van der Waals surface area contributed by atoms with Crippen LogP contribution >= 0.6 is 0 Å². The molecule has 4 nitrogen and oxygen atoms in total. The molecule has 1 aliphatic rings. The summed E-state index contributed by atoms with van der Waals surface area (Å²) in [6.07, 6.45) is 5.43. The lowest BCUT2D eigenvalue weighted by Gasteiger charge is -2.31. The number of carboxylic acids is 1. The highest BCUT2D eigenvalue weighted by Gasteiger charge is 2.21. The van der Waals surface area contributed by atoms with Crippen molar-refractivity contribution in [3.05, 3.63) is 0 Å². The van der Waals surface area contributed by atoms with Crippen LogP contribution in [-0.2, 0) is 9.59 Å². The largest absolute Gasteiger partial charge is 0.481 e. The van der Waals surface area contributed by atoms with Gasteiger partial charge in [-0.2, -0.15) is 0 Å². The number of carboxylic acid groups (broad SMARTS) is 1. The van der Waals surface area contributed by atoms with Crippen LogP contribution in [0.1, 0.15) is 51.9 Å². The zero-order valence-corrected chi connectivity index (χ0v) is 10.7. The number of carbonyl (C=O) groups excluding carboxylic acids is 1. The summed E-state index contributed by atoms with van der Waals surface area (Å²) in [6.45, 7) is 3.97. The summed E-state index contributed by atoms with van der Waals surface area (Å²) in [5.41, 5.74) is 0. The number of piperidine rings is 1. The monoisotopic (exact) mass is 241 g/mol. The van der Waals surface area contributed by atoms with E-state index in [2.05, 4.69) is 6.92 Å². The summed E-state index contributed by atoms with van der Waals surface area (Å²) in [7, 11) is 0. The topological polar surface area (TPSA) is 57.6 Å². The van der Waals surface area contributed by atoms with E-state index in [4.69, 9.17) is 5.11 Å². The van der Waals surface area contributed by atoms with Gasteiger partial charge in [0, 0.05) is 25.9 Å². The predicted octanol–water partition coefficient (Wildman–Crippen LogP) is 2.28. The molecule has 1 saturated heterocycles. The third-order valence-electron chi connectivity index (χ3n) is 3.58. The number of aliphatic carboxylic acids is 1. The van der Waals surface area contributed by atoms with Crippen molar-refractivity contribution in [3.63, 3.8) is 0 Å². The standard InChI is InChI=1S/C13H23NO3/c1-2-11-7-9-14(10-8-11)12(15)5-3-4-6-13(16)17/h11H,2-10H2,1H3,(H,16,17). The smallest absolute Gasteiger partial charge is 0.303 e. The van der Waals surface area contributed by atoms with Crippen LogP contribution in [0.3, 0.4) is 0 Å². The number of hydrogen-bond acceptors (Lipinski definition) is 2. The molecule has 0 bridgehead atoms. The molecule has 0 unspecified atom stereocenters. The van der Waals surface area contributed by atoms with E-state index in [1.54, 1.807) is 0 Å². The van der Waals surface area contributed by atoms with Crippen molar-refractivity contribution in [2.75, 3.05) is 13.1 Å². The maximum atomic E-state index is 11.8. The third kappa shape index (κ3) is 5.20. The van der Waals surface area contributed by atoms with E-state index in [1.165, 1.54) is 6.42 Å². The first-order valence-electron chi connectivity index (χ1n) is 6.63. The van der Waals surface area contributed by atoms with Gasteiger partial charge >= 0.3 is 5.97 Å². The minimum Gasteiger partial charge on any atom is -0.481 e. The summed E-state index contributed by atoms with van der Waals surface area (Å²) in [5, 5.41) is 8.49. The molecule has 0 aromatic carbocycles. The Kier molecular flexibility index (Phi) is 6.01. The first-order chi connectivity index (χ1) is 8.13. The molecule has 0 radical (unpaired) electrons. The van der Waals surface area contributed by atoms with Crippen molar-refractivity contribution in [2.24, 2.45) is 5.92 Å². The lowest BCUT2D eigenvalue weighted by molar-refractivity contribution is -0.137. The van der Waals surface area contributed by atoms with Gasteiger partial charge in [0.15, 0.2) is 0 Å². The molecule has 0 aliphatic carbocycles. The van der Waals surface area contributed by atoms with E-state index < -0.39 is 5.97 Å². The number of hydrogen-bond donors (Lipinski definition) is 1. The van der Waals surface area contributed by atoms with Gasteiger partial charge in [-0.3, -0.25) is 9.59 Å². The van der Waals surface area contributed by atoms with E-state index in [0.29, 0.717) is 19.3 Å². The molecular formula is C13H23NO3. The van der Waals surface area contributed by atoms with Crippen LogP contribution in [0, 0.1) is 5.92 Å². The van der Waals surface area contributed by atoms with Crippen LogP contribution in [0.15, 0.2) is 0 Å². The zero-order valence-electron chi connectivity index (χ0n) is 10.7.